The average molecular weight is 567 g/mol. The summed E-state index contributed by atoms with van der Waals surface area (Å²) in [5, 5.41) is 36.3. The van der Waals surface area contributed by atoms with Crippen molar-refractivity contribution in [1.29, 1.82) is 0 Å². The van der Waals surface area contributed by atoms with Gasteiger partial charge >= 0.3 is 5.97 Å². The number of nitrogens with two attached hydrogens (primary N) is 4. The van der Waals surface area contributed by atoms with Crippen LogP contribution in [0, 0.1) is 0 Å². The third-order valence-electron chi connectivity index (χ3n) is 5.97. The van der Waals surface area contributed by atoms with Crippen molar-refractivity contribution in [3.63, 3.8) is 0 Å². The Morgan fingerprint density at radius 2 is 1.40 bits per heavy atom. The quantitative estimate of drug-likeness (QED) is 0.0498. The molecule has 1 rings (SSSR count). The summed E-state index contributed by atoms with van der Waals surface area (Å²) in [5.41, 5.74) is 22.5. The van der Waals surface area contributed by atoms with Crippen LogP contribution in [0.4, 0.5) is 0 Å². The molecule has 0 spiro atoms. The third kappa shape index (κ3) is 12.7. The lowest BCUT2D eigenvalue weighted by Crippen LogP contribution is -2.58. The maximum atomic E-state index is 13.2. The number of benzene rings is 1. The first-order chi connectivity index (χ1) is 18.8. The van der Waals surface area contributed by atoms with Gasteiger partial charge < -0.3 is 54.2 Å². The number of aliphatic hydroxyl groups excluding tert-OH is 1. The standard InChI is InChI=1S/C25H42N8O7/c1-14(34)20(27)23(38)32-17(5-2-3-11-26)21(36)31-18(6-4-12-30-25(28)29)22(37)33-19(24(39)40)13-15-7-9-16(35)10-8-15/h7-10,14,17-20,34-35H,2-6,11-13,26-27H2,1H3,(H,31,36)(H,32,38)(H,33,37)(H,39,40)(H4,28,29,30). The number of rotatable bonds is 18. The first-order valence-electron chi connectivity index (χ1n) is 13.0. The van der Waals surface area contributed by atoms with Gasteiger partial charge in [-0.15, -0.1) is 0 Å². The fourth-order valence-electron chi connectivity index (χ4n) is 3.63. The molecule has 5 atom stereocenters. The molecule has 5 unspecified atom stereocenters. The predicted molar refractivity (Wildman–Crippen MR) is 148 cm³/mol. The zero-order valence-electron chi connectivity index (χ0n) is 22.6. The van der Waals surface area contributed by atoms with Gasteiger partial charge in [0.25, 0.3) is 0 Å². The van der Waals surface area contributed by atoms with Crippen LogP contribution in [0.3, 0.4) is 0 Å². The Labute approximate surface area is 232 Å². The molecule has 1 aromatic carbocycles. The molecule has 0 heterocycles. The Bertz CT molecular complexity index is 999. The van der Waals surface area contributed by atoms with Crippen LogP contribution in [0.5, 0.6) is 5.75 Å². The van der Waals surface area contributed by atoms with Crippen molar-refractivity contribution in [3.05, 3.63) is 29.8 Å². The van der Waals surface area contributed by atoms with Gasteiger partial charge in [-0.2, -0.15) is 0 Å². The number of carbonyl (C=O) groups excluding carboxylic acids is 3. The van der Waals surface area contributed by atoms with E-state index in [1.807, 2.05) is 0 Å². The highest BCUT2D eigenvalue weighted by atomic mass is 16.4. The molecule has 0 fully saturated rings. The number of nitrogens with one attached hydrogen (secondary N) is 3. The average Bonchev–Trinajstić information content (AvgIpc) is 2.89. The molecule has 3 amide bonds. The summed E-state index contributed by atoms with van der Waals surface area (Å²) in [6.45, 7) is 1.85. The highest BCUT2D eigenvalue weighted by molar-refractivity contribution is 5.94. The van der Waals surface area contributed by atoms with Crippen molar-refractivity contribution in [2.75, 3.05) is 13.1 Å². The third-order valence-corrected chi connectivity index (χ3v) is 5.97. The molecule has 15 nitrogen and oxygen atoms in total. The number of carbonyl (C=O) groups is 4. The van der Waals surface area contributed by atoms with E-state index >= 15 is 0 Å². The normalized spacial score (nSPS) is 14.6. The fourth-order valence-corrected chi connectivity index (χ4v) is 3.63. The molecular weight excluding hydrogens is 524 g/mol. The predicted octanol–water partition coefficient (Wildman–Crippen LogP) is -2.64. The lowest BCUT2D eigenvalue weighted by atomic mass is 10.0. The fraction of sp³-hybridized carbons (Fsp3) is 0.560. The van der Waals surface area contributed by atoms with Crippen molar-refractivity contribution in [2.24, 2.45) is 27.9 Å². The number of hydrogen-bond acceptors (Lipinski definition) is 9. The van der Waals surface area contributed by atoms with Crippen molar-refractivity contribution in [3.8, 4) is 5.75 Å². The zero-order valence-corrected chi connectivity index (χ0v) is 22.6. The van der Waals surface area contributed by atoms with Gasteiger partial charge in [-0.25, -0.2) is 4.79 Å². The second-order valence-corrected chi connectivity index (χ2v) is 9.39. The molecule has 0 aliphatic carbocycles. The number of aliphatic carboxylic acids is 1. The van der Waals surface area contributed by atoms with Crippen molar-refractivity contribution in [2.45, 2.75) is 75.7 Å². The SMILES string of the molecule is CC(O)C(N)C(=O)NC(CCCCN)C(=O)NC(CCCN=C(N)N)C(=O)NC(Cc1ccc(O)cc1)C(=O)O. The summed E-state index contributed by atoms with van der Waals surface area (Å²) < 4.78 is 0. The second-order valence-electron chi connectivity index (χ2n) is 9.39. The van der Waals surface area contributed by atoms with E-state index in [-0.39, 0.29) is 43.9 Å². The van der Waals surface area contributed by atoms with Crippen molar-refractivity contribution >= 4 is 29.7 Å². The number of phenols is 1. The largest absolute Gasteiger partial charge is 0.508 e. The maximum absolute atomic E-state index is 13.2. The van der Waals surface area contributed by atoms with E-state index in [1.165, 1.54) is 31.2 Å². The Balaban J connectivity index is 3.09. The molecular formula is C25H42N8O7. The van der Waals surface area contributed by atoms with Gasteiger partial charge in [0.05, 0.1) is 6.10 Å². The van der Waals surface area contributed by atoms with Crippen LogP contribution in [-0.4, -0.2) is 88.3 Å². The Hall–Kier alpha value is -3.95. The number of guanidine groups is 1. The number of amides is 3. The van der Waals surface area contributed by atoms with E-state index in [1.54, 1.807) is 0 Å². The van der Waals surface area contributed by atoms with E-state index in [2.05, 4.69) is 20.9 Å². The summed E-state index contributed by atoms with van der Waals surface area (Å²) in [6.07, 6.45) is 0.311. The Morgan fingerprint density at radius 3 is 1.90 bits per heavy atom. The van der Waals surface area contributed by atoms with Crippen LogP contribution >= 0.6 is 0 Å². The minimum atomic E-state index is -1.33. The van der Waals surface area contributed by atoms with Crippen molar-refractivity contribution in [1.82, 2.24) is 16.0 Å². The number of carboxylic acids is 1. The van der Waals surface area contributed by atoms with Crippen LogP contribution in [0.15, 0.2) is 29.3 Å². The van der Waals surface area contributed by atoms with E-state index in [9.17, 15) is 34.5 Å². The van der Waals surface area contributed by atoms with Gasteiger partial charge in [0.2, 0.25) is 17.7 Å². The van der Waals surface area contributed by atoms with E-state index in [0.717, 1.165) is 0 Å². The number of aromatic hydroxyl groups is 1. The lowest BCUT2D eigenvalue weighted by Gasteiger charge is -2.25. The first-order valence-corrected chi connectivity index (χ1v) is 13.0. The molecule has 0 saturated heterocycles. The maximum Gasteiger partial charge on any atom is 0.326 e. The summed E-state index contributed by atoms with van der Waals surface area (Å²) >= 11 is 0. The van der Waals surface area contributed by atoms with E-state index < -0.39 is 54.0 Å². The number of nitrogens with zero attached hydrogens (tertiary/aromatic N) is 1. The molecule has 0 bridgehead atoms. The van der Waals surface area contributed by atoms with Gasteiger partial charge in [-0.05, 0) is 63.3 Å². The molecule has 0 radical (unpaired) electrons. The topological polar surface area (TPSA) is 282 Å². The Kier molecular flexibility index (Phi) is 15.0. The first kappa shape index (κ1) is 34.1. The Morgan fingerprint density at radius 1 is 0.875 bits per heavy atom. The van der Waals surface area contributed by atoms with Gasteiger partial charge in [0.15, 0.2) is 5.96 Å². The highest BCUT2D eigenvalue weighted by Gasteiger charge is 2.30. The summed E-state index contributed by atoms with van der Waals surface area (Å²) in [5.74, 6) is -3.66. The molecule has 15 heteroatoms. The van der Waals surface area contributed by atoms with Gasteiger partial charge in [0.1, 0.15) is 29.9 Å². The van der Waals surface area contributed by atoms with E-state index in [0.29, 0.717) is 24.9 Å². The molecule has 224 valence electrons. The molecule has 1 aromatic rings. The smallest absolute Gasteiger partial charge is 0.326 e. The number of phenolic OH excluding ortho intramolecular Hbond substituents is 1. The second kappa shape index (κ2) is 17.6. The number of aliphatic imine (C=N–C) groups is 1. The summed E-state index contributed by atoms with van der Waals surface area (Å²) in [7, 11) is 0. The van der Waals surface area contributed by atoms with Crippen LogP contribution < -0.4 is 38.9 Å². The zero-order chi connectivity index (χ0) is 30.2. The highest BCUT2D eigenvalue weighted by Crippen LogP contribution is 2.12. The van der Waals surface area contributed by atoms with Crippen LogP contribution in [0.25, 0.3) is 0 Å². The van der Waals surface area contributed by atoms with Crippen LogP contribution in [0.2, 0.25) is 0 Å². The monoisotopic (exact) mass is 566 g/mol. The molecule has 40 heavy (non-hydrogen) atoms. The minimum Gasteiger partial charge on any atom is -0.508 e. The van der Waals surface area contributed by atoms with Gasteiger partial charge in [-0.1, -0.05) is 12.1 Å². The van der Waals surface area contributed by atoms with Crippen LogP contribution in [0.1, 0.15) is 44.6 Å². The summed E-state index contributed by atoms with van der Waals surface area (Å²) in [6, 6.07) is 0.942. The summed E-state index contributed by atoms with van der Waals surface area (Å²) in [4.78, 5) is 54.6. The molecule has 0 aliphatic heterocycles. The number of hydrogen-bond donors (Lipinski definition) is 10. The van der Waals surface area contributed by atoms with Gasteiger partial charge in [-0.3, -0.25) is 19.4 Å². The number of aliphatic hydroxyl groups is 1. The van der Waals surface area contributed by atoms with Crippen molar-refractivity contribution < 1.29 is 34.5 Å². The number of carboxylic acid groups (broad SMARTS) is 1. The molecule has 0 saturated carbocycles. The van der Waals surface area contributed by atoms with Gasteiger partial charge in [0, 0.05) is 13.0 Å². The molecule has 0 aliphatic rings. The van der Waals surface area contributed by atoms with E-state index in [4.69, 9.17) is 22.9 Å². The van der Waals surface area contributed by atoms with Crippen LogP contribution in [-0.2, 0) is 25.6 Å². The molecule has 0 aromatic heterocycles. The lowest BCUT2D eigenvalue weighted by molar-refractivity contribution is -0.142. The number of unbranched alkanes of at least 4 members (excludes halogenated alkanes) is 1. The minimum absolute atomic E-state index is 0.00530. The molecule has 14 N–H and O–H groups in total.